The number of carbonyl (C=O) groups is 1. The van der Waals surface area contributed by atoms with Crippen LogP contribution in [-0.4, -0.2) is 26.2 Å². The molecule has 1 amide bonds. The van der Waals surface area contributed by atoms with Crippen LogP contribution in [0.25, 0.3) is 0 Å². The predicted octanol–water partition coefficient (Wildman–Crippen LogP) is 3.79. The minimum atomic E-state index is -0.544. The van der Waals surface area contributed by atoms with E-state index >= 15 is 0 Å². The predicted molar refractivity (Wildman–Crippen MR) is 95.4 cm³/mol. The Morgan fingerprint density at radius 1 is 1.12 bits per heavy atom. The molecule has 0 fully saturated rings. The van der Waals surface area contributed by atoms with Gasteiger partial charge in [0, 0.05) is 12.1 Å². The molecule has 1 N–H and O–H groups in total. The van der Waals surface area contributed by atoms with Gasteiger partial charge in [0.25, 0.3) is 5.91 Å². The van der Waals surface area contributed by atoms with Crippen LogP contribution in [0.2, 0.25) is 5.02 Å². The van der Waals surface area contributed by atoms with Gasteiger partial charge in [0.2, 0.25) is 0 Å². The Morgan fingerprint density at radius 2 is 1.79 bits per heavy atom. The number of ether oxygens (including phenoxy) is 2. The van der Waals surface area contributed by atoms with Crippen molar-refractivity contribution < 1.29 is 14.3 Å². The summed E-state index contributed by atoms with van der Waals surface area (Å²) in [5.74, 6) is 0.405. The van der Waals surface area contributed by atoms with Gasteiger partial charge in [-0.15, -0.1) is 0 Å². The van der Waals surface area contributed by atoms with Crippen molar-refractivity contribution in [2.24, 2.45) is 0 Å². The average Bonchev–Trinajstić information content (AvgIpc) is 2.63. The Morgan fingerprint density at radius 3 is 2.38 bits per heavy atom. The molecule has 0 heterocycles. The number of carbonyl (C=O) groups excluding carboxylic acids is 1. The SMILES string of the molecule is CC[C@](CNC(=O)COc1ccc(Cl)cc1)(OC)c1ccccc1. The summed E-state index contributed by atoms with van der Waals surface area (Å²) >= 11 is 5.82. The van der Waals surface area contributed by atoms with E-state index in [1.807, 2.05) is 37.3 Å². The number of halogens is 1. The summed E-state index contributed by atoms with van der Waals surface area (Å²) in [6.45, 7) is 2.36. The molecule has 128 valence electrons. The van der Waals surface area contributed by atoms with Gasteiger partial charge in [-0.3, -0.25) is 4.79 Å². The van der Waals surface area contributed by atoms with Crippen molar-refractivity contribution in [2.75, 3.05) is 20.3 Å². The number of hydrogen-bond acceptors (Lipinski definition) is 3. The zero-order chi connectivity index (χ0) is 17.4. The van der Waals surface area contributed by atoms with Crippen LogP contribution < -0.4 is 10.1 Å². The highest BCUT2D eigenvalue weighted by Crippen LogP contribution is 2.28. The molecule has 0 aromatic heterocycles. The summed E-state index contributed by atoms with van der Waals surface area (Å²) in [6, 6.07) is 16.8. The fourth-order valence-corrected chi connectivity index (χ4v) is 2.61. The van der Waals surface area contributed by atoms with E-state index in [1.165, 1.54) is 0 Å². The van der Waals surface area contributed by atoms with Gasteiger partial charge in [-0.1, -0.05) is 48.9 Å². The van der Waals surface area contributed by atoms with E-state index in [0.29, 0.717) is 17.3 Å². The van der Waals surface area contributed by atoms with Crippen molar-refractivity contribution in [1.29, 1.82) is 0 Å². The van der Waals surface area contributed by atoms with Crippen molar-refractivity contribution >= 4 is 17.5 Å². The first-order valence-corrected chi connectivity index (χ1v) is 8.23. The number of amides is 1. The molecule has 1 atom stereocenters. The van der Waals surface area contributed by atoms with E-state index in [0.717, 1.165) is 12.0 Å². The van der Waals surface area contributed by atoms with Gasteiger partial charge in [0.05, 0.1) is 6.54 Å². The Bertz CT molecular complexity index is 639. The van der Waals surface area contributed by atoms with Gasteiger partial charge in [-0.05, 0) is 36.2 Å². The summed E-state index contributed by atoms with van der Waals surface area (Å²) in [5, 5.41) is 3.52. The molecule has 0 bridgehead atoms. The lowest BCUT2D eigenvalue weighted by molar-refractivity contribution is -0.125. The molecule has 2 rings (SSSR count). The van der Waals surface area contributed by atoms with Gasteiger partial charge >= 0.3 is 0 Å². The normalized spacial score (nSPS) is 13.1. The van der Waals surface area contributed by atoms with Gasteiger partial charge in [0.15, 0.2) is 6.61 Å². The first kappa shape index (κ1) is 18.3. The molecule has 0 aliphatic carbocycles. The molecule has 0 unspecified atom stereocenters. The molecule has 0 saturated carbocycles. The van der Waals surface area contributed by atoms with E-state index in [1.54, 1.807) is 31.4 Å². The molecule has 4 nitrogen and oxygen atoms in total. The summed E-state index contributed by atoms with van der Waals surface area (Å²) in [6.07, 6.45) is 0.742. The zero-order valence-electron chi connectivity index (χ0n) is 13.9. The minimum absolute atomic E-state index is 0.0556. The average molecular weight is 348 g/mol. The molecule has 2 aromatic carbocycles. The molecule has 5 heteroatoms. The van der Waals surface area contributed by atoms with Crippen molar-refractivity contribution in [2.45, 2.75) is 18.9 Å². The van der Waals surface area contributed by atoms with Crippen molar-refractivity contribution in [3.05, 3.63) is 65.2 Å². The van der Waals surface area contributed by atoms with Crippen LogP contribution in [0.3, 0.4) is 0 Å². The van der Waals surface area contributed by atoms with E-state index in [-0.39, 0.29) is 12.5 Å². The fourth-order valence-electron chi connectivity index (χ4n) is 2.48. The maximum atomic E-state index is 12.1. The van der Waals surface area contributed by atoms with Crippen LogP contribution in [0.5, 0.6) is 5.75 Å². The first-order chi connectivity index (χ1) is 11.6. The summed E-state index contributed by atoms with van der Waals surface area (Å²) in [5.41, 5.74) is 0.492. The van der Waals surface area contributed by atoms with Crippen molar-refractivity contribution in [1.82, 2.24) is 5.32 Å². The maximum Gasteiger partial charge on any atom is 0.258 e. The second-order valence-corrected chi connectivity index (χ2v) is 5.87. The number of benzene rings is 2. The quantitative estimate of drug-likeness (QED) is 0.790. The topological polar surface area (TPSA) is 47.6 Å². The molecular formula is C19H22ClNO3. The van der Waals surface area contributed by atoms with Crippen molar-refractivity contribution in [3.8, 4) is 5.75 Å². The molecule has 2 aromatic rings. The molecule has 0 spiro atoms. The molecule has 0 radical (unpaired) electrons. The smallest absolute Gasteiger partial charge is 0.258 e. The van der Waals surface area contributed by atoms with Crippen LogP contribution in [0, 0.1) is 0 Å². The largest absolute Gasteiger partial charge is 0.484 e. The second kappa shape index (κ2) is 8.71. The van der Waals surface area contributed by atoms with Gasteiger partial charge in [-0.2, -0.15) is 0 Å². The van der Waals surface area contributed by atoms with Crippen LogP contribution in [0.15, 0.2) is 54.6 Å². The van der Waals surface area contributed by atoms with Crippen LogP contribution >= 0.6 is 11.6 Å². The molecule has 0 aliphatic rings. The van der Waals surface area contributed by atoms with Gasteiger partial charge in [-0.25, -0.2) is 0 Å². The molecule has 0 saturated heterocycles. The van der Waals surface area contributed by atoms with E-state index in [9.17, 15) is 4.79 Å². The highest BCUT2D eigenvalue weighted by atomic mass is 35.5. The highest BCUT2D eigenvalue weighted by molar-refractivity contribution is 6.30. The fraction of sp³-hybridized carbons (Fsp3) is 0.316. The number of rotatable bonds is 8. The monoisotopic (exact) mass is 347 g/mol. The first-order valence-electron chi connectivity index (χ1n) is 7.85. The van der Waals surface area contributed by atoms with Gasteiger partial charge < -0.3 is 14.8 Å². The molecule has 24 heavy (non-hydrogen) atoms. The lowest BCUT2D eigenvalue weighted by Crippen LogP contribution is -2.43. The Kier molecular flexibility index (Phi) is 6.64. The maximum absolute atomic E-state index is 12.1. The van der Waals surface area contributed by atoms with E-state index in [2.05, 4.69) is 5.32 Å². The van der Waals surface area contributed by atoms with Crippen LogP contribution in [-0.2, 0) is 15.1 Å². The number of nitrogens with one attached hydrogen (secondary N) is 1. The summed E-state index contributed by atoms with van der Waals surface area (Å²) in [4.78, 5) is 12.1. The third kappa shape index (κ3) is 4.73. The number of methoxy groups -OCH3 is 1. The minimum Gasteiger partial charge on any atom is -0.484 e. The Hall–Kier alpha value is -2.04. The highest BCUT2D eigenvalue weighted by Gasteiger charge is 2.30. The lowest BCUT2D eigenvalue weighted by atomic mass is 9.90. The van der Waals surface area contributed by atoms with Crippen LogP contribution in [0.4, 0.5) is 0 Å². The standard InChI is InChI=1S/C19H22ClNO3/c1-3-19(23-2,15-7-5-4-6-8-15)14-21-18(22)13-24-17-11-9-16(20)10-12-17/h4-12H,3,13-14H2,1-2H3,(H,21,22)/t19-/m1/s1. The van der Waals surface area contributed by atoms with E-state index < -0.39 is 5.60 Å². The third-order valence-corrected chi connectivity index (χ3v) is 4.27. The number of hydrogen-bond donors (Lipinski definition) is 1. The summed E-state index contributed by atoms with van der Waals surface area (Å²) in [7, 11) is 1.66. The van der Waals surface area contributed by atoms with Gasteiger partial charge in [0.1, 0.15) is 11.4 Å². The van der Waals surface area contributed by atoms with Crippen molar-refractivity contribution in [3.63, 3.8) is 0 Å². The summed E-state index contributed by atoms with van der Waals surface area (Å²) < 4.78 is 11.2. The Balaban J connectivity index is 1.92. The Labute approximate surface area is 147 Å². The third-order valence-electron chi connectivity index (χ3n) is 4.02. The molecular weight excluding hydrogens is 326 g/mol. The van der Waals surface area contributed by atoms with Crippen LogP contribution in [0.1, 0.15) is 18.9 Å². The second-order valence-electron chi connectivity index (χ2n) is 5.44. The molecule has 0 aliphatic heterocycles. The zero-order valence-corrected chi connectivity index (χ0v) is 14.7. The van der Waals surface area contributed by atoms with E-state index in [4.69, 9.17) is 21.1 Å². The lowest BCUT2D eigenvalue weighted by Gasteiger charge is -2.32.